The molecule has 0 aromatic heterocycles. The summed E-state index contributed by atoms with van der Waals surface area (Å²) in [7, 11) is 0. The number of carbonyl (C=O) groups is 2. The van der Waals surface area contributed by atoms with Crippen LogP contribution in [0, 0.1) is 0 Å². The molecular formula is C13H15NO3. The summed E-state index contributed by atoms with van der Waals surface area (Å²) in [6.07, 6.45) is 1.45. The predicted octanol–water partition coefficient (Wildman–Crippen LogP) is 1.44. The van der Waals surface area contributed by atoms with Crippen molar-refractivity contribution in [2.75, 3.05) is 6.61 Å². The SMILES string of the molecule is CCC[C@@H](CO)N1C(=O)c2ccccc2C1=O. The molecule has 0 fully saturated rings. The zero-order chi connectivity index (χ0) is 12.4. The normalized spacial score (nSPS) is 16.2. The van der Waals surface area contributed by atoms with Gasteiger partial charge in [-0.2, -0.15) is 0 Å². The van der Waals surface area contributed by atoms with Crippen molar-refractivity contribution in [3.63, 3.8) is 0 Å². The van der Waals surface area contributed by atoms with Gasteiger partial charge in [-0.3, -0.25) is 14.5 Å². The van der Waals surface area contributed by atoms with Gasteiger partial charge in [-0.15, -0.1) is 0 Å². The molecule has 2 rings (SSSR count). The number of hydrogen-bond acceptors (Lipinski definition) is 3. The van der Waals surface area contributed by atoms with Crippen LogP contribution >= 0.6 is 0 Å². The number of aliphatic hydroxyl groups is 1. The lowest BCUT2D eigenvalue weighted by Gasteiger charge is -2.23. The van der Waals surface area contributed by atoms with Gasteiger partial charge < -0.3 is 5.11 Å². The molecule has 0 unspecified atom stereocenters. The van der Waals surface area contributed by atoms with E-state index in [2.05, 4.69) is 0 Å². The van der Waals surface area contributed by atoms with Gasteiger partial charge >= 0.3 is 0 Å². The third-order valence-corrected chi connectivity index (χ3v) is 3.02. The average molecular weight is 233 g/mol. The molecule has 90 valence electrons. The number of rotatable bonds is 4. The standard InChI is InChI=1S/C13H15NO3/c1-2-5-9(8-15)14-12(16)10-6-3-4-7-11(10)13(14)17/h3-4,6-7,9,15H,2,5,8H2,1H3/t9-/m0/s1. The van der Waals surface area contributed by atoms with Crippen LogP contribution in [0.25, 0.3) is 0 Å². The maximum atomic E-state index is 12.1. The summed E-state index contributed by atoms with van der Waals surface area (Å²) < 4.78 is 0. The number of nitrogens with zero attached hydrogens (tertiary/aromatic N) is 1. The lowest BCUT2D eigenvalue weighted by Crippen LogP contribution is -2.42. The Morgan fingerprint density at radius 3 is 2.12 bits per heavy atom. The van der Waals surface area contributed by atoms with Crippen molar-refractivity contribution in [2.24, 2.45) is 0 Å². The van der Waals surface area contributed by atoms with Gasteiger partial charge in [0.05, 0.1) is 23.8 Å². The van der Waals surface area contributed by atoms with Crippen molar-refractivity contribution in [3.8, 4) is 0 Å². The Kier molecular flexibility index (Phi) is 3.24. The van der Waals surface area contributed by atoms with Crippen LogP contribution in [0.15, 0.2) is 24.3 Å². The summed E-state index contributed by atoms with van der Waals surface area (Å²) in [6.45, 7) is 1.78. The smallest absolute Gasteiger partial charge is 0.261 e. The third kappa shape index (κ3) is 1.85. The van der Waals surface area contributed by atoms with Crippen molar-refractivity contribution in [1.82, 2.24) is 4.90 Å². The van der Waals surface area contributed by atoms with E-state index >= 15 is 0 Å². The molecule has 2 amide bonds. The van der Waals surface area contributed by atoms with E-state index in [1.54, 1.807) is 24.3 Å². The first kappa shape index (κ1) is 11.8. The van der Waals surface area contributed by atoms with Crippen LogP contribution in [-0.4, -0.2) is 34.5 Å². The summed E-state index contributed by atoms with van der Waals surface area (Å²) in [5.74, 6) is -0.587. The van der Waals surface area contributed by atoms with E-state index in [1.165, 1.54) is 4.90 Å². The maximum Gasteiger partial charge on any atom is 0.261 e. The first-order valence-electron chi connectivity index (χ1n) is 5.78. The second kappa shape index (κ2) is 4.67. The molecule has 1 aliphatic heterocycles. The monoisotopic (exact) mass is 233 g/mol. The van der Waals surface area contributed by atoms with Crippen LogP contribution in [0.1, 0.15) is 40.5 Å². The molecular weight excluding hydrogens is 218 g/mol. The molecule has 1 atom stereocenters. The Labute approximate surface area is 99.9 Å². The van der Waals surface area contributed by atoms with E-state index in [4.69, 9.17) is 0 Å². The number of fused-ring (bicyclic) bond motifs is 1. The molecule has 0 radical (unpaired) electrons. The molecule has 0 aliphatic carbocycles. The molecule has 1 heterocycles. The van der Waals surface area contributed by atoms with Crippen LogP contribution < -0.4 is 0 Å². The molecule has 0 bridgehead atoms. The van der Waals surface area contributed by atoms with Crippen LogP contribution in [-0.2, 0) is 0 Å². The fourth-order valence-corrected chi connectivity index (χ4v) is 2.17. The van der Waals surface area contributed by atoms with Crippen molar-refractivity contribution in [1.29, 1.82) is 0 Å². The third-order valence-electron chi connectivity index (χ3n) is 3.02. The van der Waals surface area contributed by atoms with Crippen molar-refractivity contribution < 1.29 is 14.7 Å². The highest BCUT2D eigenvalue weighted by Gasteiger charge is 2.38. The highest BCUT2D eigenvalue weighted by atomic mass is 16.3. The highest BCUT2D eigenvalue weighted by molar-refractivity contribution is 6.21. The number of amides is 2. The van der Waals surface area contributed by atoms with E-state index in [0.29, 0.717) is 17.5 Å². The Morgan fingerprint density at radius 1 is 1.18 bits per heavy atom. The first-order chi connectivity index (χ1) is 8.20. The van der Waals surface area contributed by atoms with Crippen LogP contribution in [0.2, 0.25) is 0 Å². The number of aliphatic hydroxyl groups excluding tert-OH is 1. The summed E-state index contributed by atoms with van der Waals surface area (Å²) >= 11 is 0. The van der Waals surface area contributed by atoms with Gasteiger partial charge in [-0.1, -0.05) is 25.5 Å². The fourth-order valence-electron chi connectivity index (χ4n) is 2.17. The van der Waals surface area contributed by atoms with E-state index in [9.17, 15) is 14.7 Å². The average Bonchev–Trinajstić information content (AvgIpc) is 2.61. The summed E-state index contributed by atoms with van der Waals surface area (Å²) in [6, 6.07) is 6.36. The van der Waals surface area contributed by atoms with E-state index in [0.717, 1.165) is 6.42 Å². The molecule has 17 heavy (non-hydrogen) atoms. The quantitative estimate of drug-likeness (QED) is 0.801. The molecule has 1 aromatic carbocycles. The van der Waals surface area contributed by atoms with E-state index in [1.807, 2.05) is 6.92 Å². The number of imide groups is 1. The van der Waals surface area contributed by atoms with E-state index < -0.39 is 6.04 Å². The van der Waals surface area contributed by atoms with Gasteiger partial charge in [0.25, 0.3) is 11.8 Å². The zero-order valence-corrected chi connectivity index (χ0v) is 9.72. The Bertz CT molecular complexity index is 421. The molecule has 1 aromatic rings. The maximum absolute atomic E-state index is 12.1. The molecule has 0 saturated carbocycles. The van der Waals surface area contributed by atoms with Gasteiger partial charge in [0.1, 0.15) is 0 Å². The second-order valence-corrected chi connectivity index (χ2v) is 4.15. The van der Waals surface area contributed by atoms with Crippen molar-refractivity contribution >= 4 is 11.8 Å². The molecule has 0 spiro atoms. The number of benzene rings is 1. The molecule has 4 nitrogen and oxygen atoms in total. The fraction of sp³-hybridized carbons (Fsp3) is 0.385. The Balaban J connectivity index is 2.35. The van der Waals surface area contributed by atoms with Gasteiger partial charge in [0.2, 0.25) is 0 Å². The molecule has 1 N–H and O–H groups in total. The molecule has 1 aliphatic rings. The minimum absolute atomic E-state index is 0.181. The minimum Gasteiger partial charge on any atom is -0.394 e. The topological polar surface area (TPSA) is 57.6 Å². The lowest BCUT2D eigenvalue weighted by atomic mass is 10.1. The van der Waals surface area contributed by atoms with Gasteiger partial charge in [0, 0.05) is 0 Å². The van der Waals surface area contributed by atoms with Gasteiger partial charge in [-0.05, 0) is 18.6 Å². The lowest BCUT2D eigenvalue weighted by molar-refractivity contribution is 0.0504. The van der Waals surface area contributed by atoms with Crippen molar-refractivity contribution in [2.45, 2.75) is 25.8 Å². The minimum atomic E-state index is -0.410. The summed E-state index contributed by atoms with van der Waals surface area (Å²) in [4.78, 5) is 25.3. The summed E-state index contributed by atoms with van der Waals surface area (Å²) in [5, 5.41) is 9.29. The predicted molar refractivity (Wildman–Crippen MR) is 62.7 cm³/mol. The van der Waals surface area contributed by atoms with Gasteiger partial charge in [-0.25, -0.2) is 0 Å². The van der Waals surface area contributed by atoms with Gasteiger partial charge in [0.15, 0.2) is 0 Å². The first-order valence-corrected chi connectivity index (χ1v) is 5.78. The largest absolute Gasteiger partial charge is 0.394 e. The second-order valence-electron chi connectivity index (χ2n) is 4.15. The van der Waals surface area contributed by atoms with Crippen LogP contribution in [0.3, 0.4) is 0 Å². The molecule has 0 saturated heterocycles. The molecule has 4 heteroatoms. The zero-order valence-electron chi connectivity index (χ0n) is 9.72. The van der Waals surface area contributed by atoms with Crippen LogP contribution in [0.4, 0.5) is 0 Å². The van der Waals surface area contributed by atoms with E-state index in [-0.39, 0.29) is 18.4 Å². The Morgan fingerprint density at radius 2 is 1.71 bits per heavy atom. The highest BCUT2D eigenvalue weighted by Crippen LogP contribution is 2.25. The van der Waals surface area contributed by atoms with Crippen molar-refractivity contribution in [3.05, 3.63) is 35.4 Å². The number of carbonyl (C=O) groups excluding carboxylic acids is 2. The Hall–Kier alpha value is -1.68. The summed E-state index contributed by atoms with van der Waals surface area (Å²) in [5.41, 5.74) is 0.874. The van der Waals surface area contributed by atoms with Crippen LogP contribution in [0.5, 0.6) is 0 Å². The number of hydrogen-bond donors (Lipinski definition) is 1.